The highest BCUT2D eigenvalue weighted by Crippen LogP contribution is 2.22. The summed E-state index contributed by atoms with van der Waals surface area (Å²) in [7, 11) is 0. The molecule has 0 aromatic rings. The van der Waals surface area contributed by atoms with E-state index in [4.69, 9.17) is 14.6 Å². The minimum atomic E-state index is -2.51. The minimum Gasteiger partial charge on any atom is -0.398 e. The van der Waals surface area contributed by atoms with Gasteiger partial charge in [-0.15, -0.1) is 0 Å². The molecule has 0 aromatic carbocycles. The Balaban J connectivity index is 4.31. The second-order valence-electron chi connectivity index (χ2n) is 10.2. The zero-order valence-electron chi connectivity index (χ0n) is 23.3. The van der Waals surface area contributed by atoms with Crippen molar-refractivity contribution in [2.45, 2.75) is 167 Å². The minimum absolute atomic E-state index is 0.0199. The van der Waals surface area contributed by atoms with Crippen molar-refractivity contribution in [3.63, 3.8) is 0 Å². The molecule has 0 aromatic heterocycles. The van der Waals surface area contributed by atoms with Gasteiger partial charge in [0, 0.05) is 19.4 Å². The number of esters is 2. The van der Waals surface area contributed by atoms with Crippen LogP contribution in [-0.4, -0.2) is 45.9 Å². The Morgan fingerprint density at radius 3 is 1.31 bits per heavy atom. The van der Waals surface area contributed by atoms with Gasteiger partial charge in [0.15, 0.2) is 0 Å². The summed E-state index contributed by atoms with van der Waals surface area (Å²) in [4.78, 5) is 24.6. The Bertz CT molecular complexity index is 488. The van der Waals surface area contributed by atoms with Crippen molar-refractivity contribution < 1.29 is 34.4 Å². The van der Waals surface area contributed by atoms with E-state index >= 15 is 0 Å². The van der Waals surface area contributed by atoms with Gasteiger partial charge in [0.25, 0.3) is 0 Å². The molecule has 1 unspecified atom stereocenters. The third-order valence-electron chi connectivity index (χ3n) is 6.47. The molecule has 214 valence electrons. The molecule has 7 nitrogen and oxygen atoms in total. The Morgan fingerprint density at radius 2 is 0.972 bits per heavy atom. The van der Waals surface area contributed by atoms with Crippen LogP contribution in [0, 0.1) is 0 Å². The van der Waals surface area contributed by atoms with Crippen LogP contribution in [0.2, 0.25) is 0 Å². The molecule has 3 N–H and O–H groups in total. The normalized spacial score (nSPS) is 12.5. The van der Waals surface area contributed by atoms with E-state index in [1.165, 1.54) is 64.2 Å². The largest absolute Gasteiger partial charge is 0.398 e. The summed E-state index contributed by atoms with van der Waals surface area (Å²) in [6, 6.07) is 0. The lowest BCUT2D eigenvalue weighted by Crippen LogP contribution is -2.43. The fourth-order valence-corrected chi connectivity index (χ4v) is 4.27. The quantitative estimate of drug-likeness (QED) is 0.0666. The van der Waals surface area contributed by atoms with Crippen molar-refractivity contribution in [2.75, 3.05) is 6.61 Å². The molecule has 0 rings (SSSR count). The van der Waals surface area contributed by atoms with Crippen LogP contribution >= 0.6 is 0 Å². The highest BCUT2D eigenvalue weighted by atomic mass is 16.8. The van der Waals surface area contributed by atoms with Crippen molar-refractivity contribution in [1.29, 1.82) is 0 Å². The molecule has 0 saturated carbocycles. The summed E-state index contributed by atoms with van der Waals surface area (Å²) >= 11 is 0. The first-order chi connectivity index (χ1) is 17.4. The first-order valence-corrected chi connectivity index (χ1v) is 14.8. The van der Waals surface area contributed by atoms with Gasteiger partial charge in [0.2, 0.25) is 0 Å². The van der Waals surface area contributed by atoms with Gasteiger partial charge >= 0.3 is 17.9 Å². The molecule has 0 heterocycles. The van der Waals surface area contributed by atoms with E-state index in [-0.39, 0.29) is 25.9 Å². The van der Waals surface area contributed by atoms with Gasteiger partial charge in [-0.05, 0) is 19.3 Å². The van der Waals surface area contributed by atoms with E-state index in [0.29, 0.717) is 12.8 Å². The summed E-state index contributed by atoms with van der Waals surface area (Å²) in [6.07, 6.45) is 18.5. The zero-order chi connectivity index (χ0) is 26.9. The molecule has 0 amide bonds. The first kappa shape index (κ1) is 34.8. The van der Waals surface area contributed by atoms with Gasteiger partial charge in [0.05, 0.1) is 12.5 Å². The van der Waals surface area contributed by atoms with Crippen molar-refractivity contribution in [1.82, 2.24) is 0 Å². The number of aliphatic hydroxyl groups excluding tert-OH is 2. The average Bonchev–Trinajstić information content (AvgIpc) is 2.81. The van der Waals surface area contributed by atoms with Crippen LogP contribution in [0.1, 0.15) is 155 Å². The topological polar surface area (TPSA) is 113 Å². The molecule has 0 bridgehead atoms. The van der Waals surface area contributed by atoms with E-state index in [1.54, 1.807) is 0 Å². The number of carbonyl (C=O) groups excluding carboxylic acids is 2. The molecule has 0 aliphatic carbocycles. The van der Waals surface area contributed by atoms with E-state index in [0.717, 1.165) is 38.5 Å². The van der Waals surface area contributed by atoms with Crippen LogP contribution < -0.4 is 0 Å². The predicted molar refractivity (Wildman–Crippen MR) is 143 cm³/mol. The Hall–Kier alpha value is -1.18. The number of unbranched alkanes of at least 4 members (excludes halogenated alkanes) is 16. The van der Waals surface area contributed by atoms with Crippen molar-refractivity contribution in [3.8, 4) is 0 Å². The van der Waals surface area contributed by atoms with Gasteiger partial charge < -0.3 is 24.8 Å². The summed E-state index contributed by atoms with van der Waals surface area (Å²) in [5, 5.41) is 29.8. The maximum atomic E-state index is 12.3. The fraction of sp³-hybridized carbons (Fsp3) is 0.931. The van der Waals surface area contributed by atoms with E-state index < -0.39 is 30.4 Å². The van der Waals surface area contributed by atoms with Crippen LogP contribution in [0.5, 0.6) is 0 Å². The molecule has 1 atom stereocenters. The summed E-state index contributed by atoms with van der Waals surface area (Å²) in [5.41, 5.74) is 0. The Kier molecular flexibility index (Phi) is 23.4. The SMILES string of the molecule is CCCCCCCCCCCC(=O)OC(O)(CC(O)CCO)OC(=O)CCCCCCCCCCC. The summed E-state index contributed by atoms with van der Waals surface area (Å²) in [6.45, 7) is 4.11. The highest BCUT2D eigenvalue weighted by molar-refractivity contribution is 5.71. The highest BCUT2D eigenvalue weighted by Gasteiger charge is 2.38. The molecule has 0 aliphatic rings. The van der Waals surface area contributed by atoms with Crippen LogP contribution in [0.4, 0.5) is 0 Å². The monoisotopic (exact) mass is 516 g/mol. The molecular weight excluding hydrogens is 460 g/mol. The second kappa shape index (κ2) is 24.2. The van der Waals surface area contributed by atoms with Crippen LogP contribution in [0.15, 0.2) is 0 Å². The maximum Gasteiger partial charge on any atom is 0.375 e. The van der Waals surface area contributed by atoms with E-state index in [9.17, 15) is 19.8 Å². The lowest BCUT2D eigenvalue weighted by atomic mass is 10.1. The lowest BCUT2D eigenvalue weighted by molar-refractivity contribution is -0.334. The standard InChI is InChI=1S/C29H56O7/c1-3-5-7-9-11-13-15-17-19-21-27(32)35-29(34,25-26(31)23-24-30)36-28(33)22-20-18-16-14-12-10-8-6-4-2/h26,30-31,34H,3-25H2,1-2H3. The van der Waals surface area contributed by atoms with Crippen LogP contribution in [0.25, 0.3) is 0 Å². The van der Waals surface area contributed by atoms with Gasteiger partial charge in [-0.25, -0.2) is 0 Å². The molecule has 0 aliphatic heterocycles. The smallest absolute Gasteiger partial charge is 0.375 e. The van der Waals surface area contributed by atoms with Crippen molar-refractivity contribution >= 4 is 11.9 Å². The molecule has 0 fully saturated rings. The third-order valence-corrected chi connectivity index (χ3v) is 6.47. The fourth-order valence-electron chi connectivity index (χ4n) is 4.27. The van der Waals surface area contributed by atoms with Crippen LogP contribution in [-0.2, 0) is 19.1 Å². The number of hydrogen-bond donors (Lipinski definition) is 3. The first-order valence-electron chi connectivity index (χ1n) is 14.8. The zero-order valence-corrected chi connectivity index (χ0v) is 23.3. The Morgan fingerprint density at radius 1 is 0.639 bits per heavy atom. The molecule has 0 radical (unpaired) electrons. The van der Waals surface area contributed by atoms with Gasteiger partial charge in [-0.3, -0.25) is 9.59 Å². The molecule has 7 heteroatoms. The molecular formula is C29H56O7. The number of rotatable bonds is 26. The molecule has 0 saturated heterocycles. The van der Waals surface area contributed by atoms with Gasteiger partial charge in [-0.2, -0.15) is 0 Å². The average molecular weight is 517 g/mol. The summed E-state index contributed by atoms with van der Waals surface area (Å²) in [5.74, 6) is -3.83. The maximum absolute atomic E-state index is 12.3. The number of aliphatic hydroxyl groups is 3. The Labute approximate surface area is 220 Å². The predicted octanol–water partition coefficient (Wildman–Crippen LogP) is 6.69. The van der Waals surface area contributed by atoms with Crippen molar-refractivity contribution in [3.05, 3.63) is 0 Å². The van der Waals surface area contributed by atoms with Crippen LogP contribution in [0.3, 0.4) is 0 Å². The number of ether oxygens (including phenoxy) is 2. The molecule has 0 spiro atoms. The second-order valence-corrected chi connectivity index (χ2v) is 10.2. The van der Waals surface area contributed by atoms with Crippen molar-refractivity contribution in [2.24, 2.45) is 0 Å². The van der Waals surface area contributed by atoms with E-state index in [2.05, 4.69) is 13.8 Å². The number of carbonyl (C=O) groups is 2. The molecule has 36 heavy (non-hydrogen) atoms. The van der Waals surface area contributed by atoms with Gasteiger partial charge in [0.1, 0.15) is 0 Å². The van der Waals surface area contributed by atoms with Gasteiger partial charge in [-0.1, -0.05) is 117 Å². The summed E-state index contributed by atoms with van der Waals surface area (Å²) < 4.78 is 10.2. The van der Waals surface area contributed by atoms with E-state index in [1.807, 2.05) is 0 Å². The third kappa shape index (κ3) is 22.1. The number of hydrogen-bond acceptors (Lipinski definition) is 7. The lowest BCUT2D eigenvalue weighted by Gasteiger charge is -2.28.